The number of nitrogens with zero attached hydrogens (tertiary/aromatic N) is 2. The van der Waals surface area contributed by atoms with Crippen LogP contribution in [0.3, 0.4) is 0 Å². The Kier molecular flexibility index (Phi) is 5.26. The topological polar surface area (TPSA) is 71.5 Å². The third-order valence-electron chi connectivity index (χ3n) is 4.63. The van der Waals surface area contributed by atoms with Gasteiger partial charge in [-0.25, -0.2) is 9.37 Å². The van der Waals surface area contributed by atoms with Crippen molar-refractivity contribution in [1.29, 1.82) is 0 Å². The number of benzene rings is 2. The van der Waals surface area contributed by atoms with Crippen LogP contribution in [0.25, 0.3) is 10.6 Å². The van der Waals surface area contributed by atoms with Crippen molar-refractivity contribution in [1.82, 2.24) is 4.98 Å². The molecule has 2 amide bonds. The summed E-state index contributed by atoms with van der Waals surface area (Å²) in [6.07, 6.45) is 1.35. The highest BCUT2D eigenvalue weighted by atomic mass is 32.1. The number of aromatic nitrogens is 1. The molecule has 0 atom stereocenters. The van der Waals surface area contributed by atoms with Gasteiger partial charge in [-0.15, -0.1) is 11.3 Å². The molecule has 2 aromatic carbocycles. The molecule has 6 nitrogen and oxygen atoms in total. The zero-order chi connectivity index (χ0) is 20.4. The van der Waals surface area contributed by atoms with Gasteiger partial charge in [0, 0.05) is 35.7 Å². The molecule has 1 aliphatic rings. The number of methoxy groups -OCH3 is 1. The van der Waals surface area contributed by atoms with Gasteiger partial charge in [-0.3, -0.25) is 9.59 Å². The van der Waals surface area contributed by atoms with E-state index in [4.69, 9.17) is 4.74 Å². The lowest BCUT2D eigenvalue weighted by Crippen LogP contribution is -2.24. The van der Waals surface area contributed by atoms with Gasteiger partial charge in [0.25, 0.3) is 5.91 Å². The molecule has 0 aliphatic carbocycles. The van der Waals surface area contributed by atoms with E-state index in [0.717, 1.165) is 12.0 Å². The maximum atomic E-state index is 13.1. The highest BCUT2D eigenvalue weighted by Gasteiger charge is 2.24. The number of carbonyl (C=O) groups is 2. The van der Waals surface area contributed by atoms with Crippen molar-refractivity contribution < 1.29 is 18.7 Å². The van der Waals surface area contributed by atoms with Crippen molar-refractivity contribution >= 4 is 34.5 Å². The maximum Gasteiger partial charge on any atom is 0.275 e. The molecule has 29 heavy (non-hydrogen) atoms. The van der Waals surface area contributed by atoms with Crippen LogP contribution in [-0.2, 0) is 4.79 Å². The van der Waals surface area contributed by atoms with Crippen molar-refractivity contribution in [3.05, 3.63) is 59.4 Å². The first-order chi connectivity index (χ1) is 14.0. The molecule has 0 bridgehead atoms. The van der Waals surface area contributed by atoms with Crippen LogP contribution in [-0.4, -0.2) is 30.5 Å². The first kappa shape index (κ1) is 19.1. The fourth-order valence-corrected chi connectivity index (χ4v) is 3.99. The standard InChI is InChI=1S/C21H18FN3O3S/c1-28-18-11-15(8-9-17(18)25-10-2-3-19(25)26)23-20(27)16-12-29-21(24-16)13-4-6-14(22)7-5-13/h4-9,11-12H,2-3,10H2,1H3,(H,23,27). The van der Waals surface area contributed by atoms with Gasteiger partial charge < -0.3 is 15.0 Å². The summed E-state index contributed by atoms with van der Waals surface area (Å²) in [6, 6.07) is 11.1. The predicted octanol–water partition coefficient (Wildman–Crippen LogP) is 4.34. The summed E-state index contributed by atoms with van der Waals surface area (Å²) in [5.41, 5.74) is 2.25. The van der Waals surface area contributed by atoms with Gasteiger partial charge in [-0.1, -0.05) is 0 Å². The second-order valence-electron chi connectivity index (χ2n) is 6.53. The van der Waals surface area contributed by atoms with Crippen molar-refractivity contribution in [2.75, 3.05) is 23.9 Å². The van der Waals surface area contributed by atoms with E-state index in [0.29, 0.717) is 35.1 Å². The summed E-state index contributed by atoms with van der Waals surface area (Å²) >= 11 is 1.31. The van der Waals surface area contributed by atoms with Crippen LogP contribution in [0.1, 0.15) is 23.3 Å². The first-order valence-electron chi connectivity index (χ1n) is 9.06. The van der Waals surface area contributed by atoms with Gasteiger partial charge in [0.05, 0.1) is 12.8 Å². The lowest BCUT2D eigenvalue weighted by atomic mass is 10.2. The van der Waals surface area contributed by atoms with Crippen molar-refractivity contribution in [2.45, 2.75) is 12.8 Å². The molecule has 1 fully saturated rings. The summed E-state index contributed by atoms with van der Waals surface area (Å²) < 4.78 is 18.5. The average molecular weight is 411 g/mol. The van der Waals surface area contributed by atoms with E-state index < -0.39 is 0 Å². The number of nitrogens with one attached hydrogen (secondary N) is 1. The van der Waals surface area contributed by atoms with Gasteiger partial charge in [-0.05, 0) is 42.8 Å². The third-order valence-corrected chi connectivity index (χ3v) is 5.52. The van der Waals surface area contributed by atoms with Gasteiger partial charge in [0.2, 0.25) is 5.91 Å². The molecular weight excluding hydrogens is 393 g/mol. The van der Waals surface area contributed by atoms with Gasteiger partial charge in [0.15, 0.2) is 0 Å². The average Bonchev–Trinajstić information content (AvgIpc) is 3.38. The summed E-state index contributed by atoms with van der Waals surface area (Å²) in [4.78, 5) is 30.6. The number of thiazole rings is 1. The van der Waals surface area contributed by atoms with Gasteiger partial charge in [0.1, 0.15) is 22.3 Å². The van der Waals surface area contributed by atoms with E-state index >= 15 is 0 Å². The summed E-state index contributed by atoms with van der Waals surface area (Å²) in [5.74, 6) is -0.0998. The molecule has 0 unspecified atom stereocenters. The van der Waals surface area contributed by atoms with Crippen LogP contribution in [0, 0.1) is 5.82 Å². The molecule has 148 valence electrons. The Balaban J connectivity index is 1.51. The molecule has 3 aromatic rings. The van der Waals surface area contributed by atoms with E-state index in [1.54, 1.807) is 40.6 Å². The summed E-state index contributed by atoms with van der Waals surface area (Å²) in [7, 11) is 1.53. The van der Waals surface area contributed by atoms with Crippen LogP contribution in [0.15, 0.2) is 47.8 Å². The monoisotopic (exact) mass is 411 g/mol. The Morgan fingerprint density at radius 2 is 2.03 bits per heavy atom. The fourth-order valence-electron chi connectivity index (χ4n) is 3.18. The van der Waals surface area contributed by atoms with Crippen molar-refractivity contribution in [3.63, 3.8) is 0 Å². The Labute approximate surface area is 171 Å². The van der Waals surface area contributed by atoms with E-state index in [-0.39, 0.29) is 23.3 Å². The molecule has 1 aliphatic heterocycles. The van der Waals surface area contributed by atoms with Crippen LogP contribution in [0.2, 0.25) is 0 Å². The lowest BCUT2D eigenvalue weighted by Gasteiger charge is -2.19. The quantitative estimate of drug-likeness (QED) is 0.678. The Morgan fingerprint density at radius 1 is 1.24 bits per heavy atom. The number of hydrogen-bond donors (Lipinski definition) is 1. The molecule has 2 heterocycles. The van der Waals surface area contributed by atoms with E-state index in [2.05, 4.69) is 10.3 Å². The molecular formula is C21H18FN3O3S. The molecule has 0 saturated carbocycles. The summed E-state index contributed by atoms with van der Waals surface area (Å²) in [5, 5.41) is 5.09. The molecule has 0 radical (unpaired) electrons. The third kappa shape index (κ3) is 3.97. The largest absolute Gasteiger partial charge is 0.494 e. The zero-order valence-corrected chi connectivity index (χ0v) is 16.5. The van der Waals surface area contributed by atoms with Crippen molar-refractivity contribution in [2.24, 2.45) is 0 Å². The molecule has 8 heteroatoms. The summed E-state index contributed by atoms with van der Waals surface area (Å²) in [6.45, 7) is 0.659. The Morgan fingerprint density at radius 3 is 2.72 bits per heavy atom. The van der Waals surface area contributed by atoms with Crippen LogP contribution >= 0.6 is 11.3 Å². The van der Waals surface area contributed by atoms with Crippen LogP contribution < -0.4 is 15.0 Å². The number of rotatable bonds is 5. The van der Waals surface area contributed by atoms with E-state index in [1.807, 2.05) is 0 Å². The second-order valence-corrected chi connectivity index (χ2v) is 7.39. The SMILES string of the molecule is COc1cc(NC(=O)c2csc(-c3ccc(F)cc3)n2)ccc1N1CCCC1=O. The molecule has 1 saturated heterocycles. The lowest BCUT2D eigenvalue weighted by molar-refractivity contribution is -0.117. The van der Waals surface area contributed by atoms with Crippen LogP contribution in [0.5, 0.6) is 5.75 Å². The second kappa shape index (κ2) is 8.00. The molecule has 4 rings (SSSR count). The molecule has 0 spiro atoms. The van der Waals surface area contributed by atoms with Crippen LogP contribution in [0.4, 0.5) is 15.8 Å². The first-order valence-corrected chi connectivity index (χ1v) is 9.94. The fraction of sp³-hybridized carbons (Fsp3) is 0.190. The number of anilines is 2. The minimum Gasteiger partial charge on any atom is -0.494 e. The minimum atomic E-state index is -0.360. The number of halogens is 1. The van der Waals surface area contributed by atoms with Gasteiger partial charge in [-0.2, -0.15) is 0 Å². The smallest absolute Gasteiger partial charge is 0.275 e. The Hall–Kier alpha value is -3.26. The van der Waals surface area contributed by atoms with E-state index in [9.17, 15) is 14.0 Å². The number of ether oxygens (including phenoxy) is 1. The van der Waals surface area contributed by atoms with Gasteiger partial charge >= 0.3 is 0 Å². The Bertz CT molecular complexity index is 1070. The maximum absolute atomic E-state index is 13.1. The normalized spacial score (nSPS) is 13.6. The predicted molar refractivity (Wildman–Crippen MR) is 110 cm³/mol. The zero-order valence-electron chi connectivity index (χ0n) is 15.6. The number of hydrogen-bond acceptors (Lipinski definition) is 5. The minimum absolute atomic E-state index is 0.0656. The van der Waals surface area contributed by atoms with Crippen molar-refractivity contribution in [3.8, 4) is 16.3 Å². The highest BCUT2D eigenvalue weighted by Crippen LogP contribution is 2.34. The highest BCUT2D eigenvalue weighted by molar-refractivity contribution is 7.13. The van der Waals surface area contributed by atoms with E-state index in [1.165, 1.54) is 30.6 Å². The molecule has 1 aromatic heterocycles. The molecule has 1 N–H and O–H groups in total. The number of amides is 2. The number of carbonyl (C=O) groups excluding carboxylic acids is 2.